The number of hydrogen-bond acceptors (Lipinski definition) is 3. The lowest BCUT2D eigenvalue weighted by molar-refractivity contribution is 0.0949. The minimum atomic E-state index is -0.0680. The second kappa shape index (κ2) is 7.75. The van der Waals surface area contributed by atoms with Gasteiger partial charge in [0.1, 0.15) is 0 Å². The fourth-order valence-electron chi connectivity index (χ4n) is 2.35. The van der Waals surface area contributed by atoms with Gasteiger partial charge in [-0.25, -0.2) is 0 Å². The molecular weight excluding hydrogens is 276 g/mol. The summed E-state index contributed by atoms with van der Waals surface area (Å²) < 4.78 is 1.86. The highest BCUT2D eigenvalue weighted by Gasteiger charge is 2.14. The zero-order valence-electron chi connectivity index (χ0n) is 13.5. The molecule has 0 saturated carbocycles. The van der Waals surface area contributed by atoms with Gasteiger partial charge in [-0.05, 0) is 26.0 Å². The van der Waals surface area contributed by atoms with Crippen LogP contribution in [0.25, 0.3) is 0 Å². The molecule has 1 atom stereocenters. The van der Waals surface area contributed by atoms with E-state index in [1.807, 2.05) is 29.8 Å². The van der Waals surface area contributed by atoms with Crippen LogP contribution < -0.4 is 10.6 Å². The van der Waals surface area contributed by atoms with E-state index in [0.29, 0.717) is 18.7 Å². The molecule has 0 bridgehead atoms. The lowest BCUT2D eigenvalue weighted by atomic mass is 10.2. The molecule has 0 aliphatic heterocycles. The van der Waals surface area contributed by atoms with E-state index in [-0.39, 0.29) is 11.9 Å². The summed E-state index contributed by atoms with van der Waals surface area (Å²) in [7, 11) is 0. The van der Waals surface area contributed by atoms with E-state index in [4.69, 9.17) is 0 Å². The summed E-state index contributed by atoms with van der Waals surface area (Å²) in [6.07, 6.45) is 1.64. The standard InChI is InChI=1S/C17H24N4O/c1-4-18-13(2)10-19-17(22)16-11-20-21(14(16)3)12-15-8-6-5-7-9-15/h5-9,11,13,18H,4,10,12H2,1-3H3,(H,19,22)/t13-/m1/s1. The molecule has 1 amide bonds. The molecule has 2 N–H and O–H groups in total. The zero-order valence-corrected chi connectivity index (χ0v) is 13.5. The summed E-state index contributed by atoms with van der Waals surface area (Å²) in [4.78, 5) is 12.2. The van der Waals surface area contributed by atoms with Crippen molar-refractivity contribution in [2.24, 2.45) is 0 Å². The molecule has 0 aliphatic rings. The Morgan fingerprint density at radius 3 is 2.73 bits per heavy atom. The molecule has 0 radical (unpaired) electrons. The molecule has 5 nitrogen and oxygen atoms in total. The van der Waals surface area contributed by atoms with Crippen LogP contribution in [0.3, 0.4) is 0 Å². The first kappa shape index (κ1) is 16.2. The number of carbonyl (C=O) groups is 1. The van der Waals surface area contributed by atoms with Crippen molar-refractivity contribution >= 4 is 5.91 Å². The van der Waals surface area contributed by atoms with E-state index in [2.05, 4.69) is 41.7 Å². The quantitative estimate of drug-likeness (QED) is 0.822. The number of benzene rings is 1. The zero-order chi connectivity index (χ0) is 15.9. The van der Waals surface area contributed by atoms with Crippen LogP contribution in [0, 0.1) is 6.92 Å². The third-order valence-electron chi connectivity index (χ3n) is 3.64. The smallest absolute Gasteiger partial charge is 0.254 e. The highest BCUT2D eigenvalue weighted by molar-refractivity contribution is 5.95. The van der Waals surface area contributed by atoms with Crippen LogP contribution in [-0.2, 0) is 6.54 Å². The van der Waals surface area contributed by atoms with E-state index < -0.39 is 0 Å². The second-order valence-corrected chi connectivity index (χ2v) is 5.46. The largest absolute Gasteiger partial charge is 0.350 e. The number of nitrogens with one attached hydrogen (secondary N) is 2. The average Bonchev–Trinajstić information content (AvgIpc) is 2.87. The van der Waals surface area contributed by atoms with E-state index >= 15 is 0 Å². The van der Waals surface area contributed by atoms with E-state index in [9.17, 15) is 4.79 Å². The Kier molecular flexibility index (Phi) is 5.72. The van der Waals surface area contributed by atoms with Gasteiger partial charge in [-0.2, -0.15) is 5.10 Å². The molecule has 1 heterocycles. The monoisotopic (exact) mass is 300 g/mol. The van der Waals surface area contributed by atoms with Gasteiger partial charge in [0, 0.05) is 18.3 Å². The number of carbonyl (C=O) groups excluding carboxylic acids is 1. The molecule has 0 aliphatic carbocycles. The highest BCUT2D eigenvalue weighted by Crippen LogP contribution is 2.10. The first-order valence-corrected chi connectivity index (χ1v) is 7.69. The number of aromatic nitrogens is 2. The summed E-state index contributed by atoms with van der Waals surface area (Å²) in [5.74, 6) is -0.0680. The molecule has 22 heavy (non-hydrogen) atoms. The van der Waals surface area contributed by atoms with Gasteiger partial charge in [0.05, 0.1) is 18.3 Å². The number of likely N-dealkylation sites (N-methyl/N-ethyl adjacent to an activating group) is 1. The van der Waals surface area contributed by atoms with Gasteiger partial charge in [-0.1, -0.05) is 37.3 Å². The Morgan fingerprint density at radius 1 is 1.32 bits per heavy atom. The molecule has 2 aromatic rings. The van der Waals surface area contributed by atoms with E-state index in [1.54, 1.807) is 6.20 Å². The van der Waals surface area contributed by atoms with Gasteiger partial charge in [-0.3, -0.25) is 9.48 Å². The molecule has 118 valence electrons. The van der Waals surface area contributed by atoms with E-state index in [0.717, 1.165) is 12.2 Å². The summed E-state index contributed by atoms with van der Waals surface area (Å²) >= 11 is 0. The highest BCUT2D eigenvalue weighted by atomic mass is 16.1. The van der Waals surface area contributed by atoms with E-state index in [1.165, 1.54) is 5.56 Å². The molecule has 2 rings (SSSR count). The minimum absolute atomic E-state index is 0.0680. The lowest BCUT2D eigenvalue weighted by Crippen LogP contribution is -2.38. The Labute approximate surface area is 131 Å². The fourth-order valence-corrected chi connectivity index (χ4v) is 2.35. The Hall–Kier alpha value is -2.14. The van der Waals surface area contributed by atoms with Gasteiger partial charge < -0.3 is 10.6 Å². The summed E-state index contributed by atoms with van der Waals surface area (Å²) in [6.45, 7) is 8.21. The molecular formula is C17H24N4O. The maximum atomic E-state index is 12.2. The first-order valence-electron chi connectivity index (χ1n) is 7.69. The van der Waals surface area contributed by atoms with Crippen molar-refractivity contribution in [2.75, 3.05) is 13.1 Å². The number of hydrogen-bond donors (Lipinski definition) is 2. The molecule has 1 aromatic heterocycles. The fraction of sp³-hybridized carbons (Fsp3) is 0.412. The predicted molar refractivity (Wildman–Crippen MR) is 88.0 cm³/mol. The summed E-state index contributed by atoms with van der Waals surface area (Å²) in [6, 6.07) is 10.4. The molecule has 0 spiro atoms. The summed E-state index contributed by atoms with van der Waals surface area (Å²) in [5.41, 5.74) is 2.69. The van der Waals surface area contributed by atoms with Crippen LogP contribution in [0.2, 0.25) is 0 Å². The lowest BCUT2D eigenvalue weighted by Gasteiger charge is -2.13. The van der Waals surface area contributed by atoms with Gasteiger partial charge in [-0.15, -0.1) is 0 Å². The van der Waals surface area contributed by atoms with Crippen molar-refractivity contribution in [2.45, 2.75) is 33.4 Å². The van der Waals surface area contributed by atoms with Crippen LogP contribution in [0.15, 0.2) is 36.5 Å². The molecule has 0 unspecified atom stereocenters. The van der Waals surface area contributed by atoms with Crippen LogP contribution in [0.4, 0.5) is 0 Å². The third-order valence-corrected chi connectivity index (χ3v) is 3.64. The molecule has 0 saturated heterocycles. The molecule has 5 heteroatoms. The Morgan fingerprint density at radius 2 is 2.05 bits per heavy atom. The minimum Gasteiger partial charge on any atom is -0.350 e. The molecule has 1 aromatic carbocycles. The predicted octanol–water partition coefficient (Wildman–Crippen LogP) is 1.97. The normalized spacial score (nSPS) is 12.1. The van der Waals surface area contributed by atoms with Gasteiger partial charge in [0.15, 0.2) is 0 Å². The number of rotatable bonds is 7. The van der Waals surface area contributed by atoms with Crippen molar-refractivity contribution in [3.8, 4) is 0 Å². The van der Waals surface area contributed by atoms with Crippen molar-refractivity contribution in [3.63, 3.8) is 0 Å². The van der Waals surface area contributed by atoms with Crippen molar-refractivity contribution < 1.29 is 4.79 Å². The first-order chi connectivity index (χ1) is 10.6. The Balaban J connectivity index is 1.99. The number of amides is 1. The molecule has 0 fully saturated rings. The van der Waals surface area contributed by atoms with Crippen molar-refractivity contribution in [1.82, 2.24) is 20.4 Å². The number of nitrogens with zero attached hydrogens (tertiary/aromatic N) is 2. The third kappa shape index (κ3) is 4.18. The van der Waals surface area contributed by atoms with Crippen molar-refractivity contribution in [3.05, 3.63) is 53.3 Å². The van der Waals surface area contributed by atoms with Gasteiger partial charge >= 0.3 is 0 Å². The topological polar surface area (TPSA) is 58.9 Å². The van der Waals surface area contributed by atoms with Crippen LogP contribution in [0.5, 0.6) is 0 Å². The SMILES string of the molecule is CCN[C@H](C)CNC(=O)c1cnn(Cc2ccccc2)c1C. The Bertz CT molecular complexity index is 606. The van der Waals surface area contributed by atoms with Gasteiger partial charge in [0.25, 0.3) is 5.91 Å². The van der Waals surface area contributed by atoms with Crippen LogP contribution in [0.1, 0.15) is 35.5 Å². The van der Waals surface area contributed by atoms with Crippen LogP contribution >= 0.6 is 0 Å². The average molecular weight is 300 g/mol. The maximum Gasteiger partial charge on any atom is 0.254 e. The second-order valence-electron chi connectivity index (χ2n) is 5.46. The maximum absolute atomic E-state index is 12.2. The van der Waals surface area contributed by atoms with Crippen LogP contribution in [-0.4, -0.2) is 34.8 Å². The summed E-state index contributed by atoms with van der Waals surface area (Å²) in [5, 5.41) is 10.6. The van der Waals surface area contributed by atoms with Gasteiger partial charge in [0.2, 0.25) is 0 Å². The van der Waals surface area contributed by atoms with Crippen molar-refractivity contribution in [1.29, 1.82) is 0 Å².